The second kappa shape index (κ2) is 7.09. The van der Waals surface area contributed by atoms with Crippen LogP contribution in [0.3, 0.4) is 0 Å². The first-order valence-electron chi connectivity index (χ1n) is 10.7. The van der Waals surface area contributed by atoms with E-state index in [4.69, 9.17) is 10.7 Å². The highest BCUT2D eigenvalue weighted by Crippen LogP contribution is 2.52. The molecule has 4 heterocycles. The maximum Gasteiger partial charge on any atom is 0.248 e. The van der Waals surface area contributed by atoms with Gasteiger partial charge in [0.25, 0.3) is 0 Å². The molecule has 2 aliphatic rings. The number of imidazole rings is 1. The highest BCUT2D eigenvalue weighted by Gasteiger charge is 2.41. The third-order valence-electron chi connectivity index (χ3n) is 6.54. The summed E-state index contributed by atoms with van der Waals surface area (Å²) in [7, 11) is 0. The molecule has 158 valence electrons. The largest absolute Gasteiger partial charge is 0.366 e. The first kappa shape index (κ1) is 18.9. The van der Waals surface area contributed by atoms with Crippen LogP contribution in [0.4, 0.5) is 4.39 Å². The van der Waals surface area contributed by atoms with Crippen molar-refractivity contribution in [3.05, 3.63) is 78.1 Å². The van der Waals surface area contributed by atoms with Crippen molar-refractivity contribution in [1.82, 2.24) is 19.5 Å². The fourth-order valence-corrected chi connectivity index (χ4v) is 5.05. The lowest BCUT2D eigenvalue weighted by atomic mass is 10.0. The van der Waals surface area contributed by atoms with Crippen LogP contribution in [0, 0.1) is 5.82 Å². The van der Waals surface area contributed by atoms with Gasteiger partial charge in [0.15, 0.2) is 0 Å². The molecule has 2 atom stereocenters. The fraction of sp³-hybridized carbons (Fsp3) is 0.200. The van der Waals surface area contributed by atoms with Gasteiger partial charge in [-0.2, -0.15) is 0 Å². The van der Waals surface area contributed by atoms with Crippen molar-refractivity contribution in [3.8, 4) is 33.9 Å². The molecule has 32 heavy (non-hydrogen) atoms. The Labute approximate surface area is 184 Å². The molecule has 0 saturated heterocycles. The van der Waals surface area contributed by atoms with Crippen molar-refractivity contribution in [1.29, 1.82) is 0 Å². The summed E-state index contributed by atoms with van der Waals surface area (Å²) in [5.41, 5.74) is 10.9. The van der Waals surface area contributed by atoms with E-state index in [1.165, 1.54) is 12.3 Å². The molecule has 6 nitrogen and oxygen atoms in total. The molecule has 2 bridgehead atoms. The number of nitrogens with zero attached hydrogens (tertiary/aromatic N) is 4. The van der Waals surface area contributed by atoms with Crippen molar-refractivity contribution < 1.29 is 9.18 Å². The molecule has 0 radical (unpaired) electrons. The van der Waals surface area contributed by atoms with Crippen LogP contribution >= 0.6 is 0 Å². The number of carbonyl (C=O) groups excluding carboxylic acids is 1. The first-order valence-corrected chi connectivity index (χ1v) is 10.7. The number of pyridine rings is 2. The zero-order valence-electron chi connectivity index (χ0n) is 17.2. The van der Waals surface area contributed by atoms with E-state index in [-0.39, 0.29) is 5.82 Å². The molecular formula is C25H20FN5O. The Morgan fingerprint density at radius 3 is 2.59 bits per heavy atom. The Morgan fingerprint density at radius 1 is 1.00 bits per heavy atom. The molecule has 6 rings (SSSR count). The van der Waals surface area contributed by atoms with E-state index >= 15 is 0 Å². The van der Waals surface area contributed by atoms with Gasteiger partial charge in [0, 0.05) is 34.8 Å². The van der Waals surface area contributed by atoms with Crippen LogP contribution in [-0.2, 0) is 0 Å². The van der Waals surface area contributed by atoms with Crippen LogP contribution in [-0.4, -0.2) is 25.4 Å². The van der Waals surface area contributed by atoms with Gasteiger partial charge in [-0.1, -0.05) is 12.1 Å². The number of amides is 1. The molecule has 2 N–H and O–H groups in total. The lowest BCUT2D eigenvalue weighted by Crippen LogP contribution is -2.10. The minimum Gasteiger partial charge on any atom is -0.366 e. The maximum atomic E-state index is 13.5. The molecule has 1 aromatic carbocycles. The van der Waals surface area contributed by atoms with Gasteiger partial charge in [-0.3, -0.25) is 14.8 Å². The number of rotatable bonds is 4. The summed E-state index contributed by atoms with van der Waals surface area (Å²) in [5, 5.41) is 0. The third kappa shape index (κ3) is 2.92. The first-order chi connectivity index (χ1) is 15.6. The van der Waals surface area contributed by atoms with Gasteiger partial charge < -0.3 is 10.3 Å². The number of primary amides is 1. The van der Waals surface area contributed by atoms with E-state index in [0.29, 0.717) is 23.2 Å². The molecule has 7 heteroatoms. The van der Waals surface area contributed by atoms with Crippen LogP contribution in [0.15, 0.2) is 60.9 Å². The van der Waals surface area contributed by atoms with E-state index < -0.39 is 5.91 Å². The van der Waals surface area contributed by atoms with Gasteiger partial charge in [-0.15, -0.1) is 0 Å². The molecule has 1 aliphatic heterocycles. The predicted octanol–water partition coefficient (Wildman–Crippen LogP) is 4.73. The van der Waals surface area contributed by atoms with E-state index in [0.717, 1.165) is 53.3 Å². The second-order valence-corrected chi connectivity index (χ2v) is 8.43. The summed E-state index contributed by atoms with van der Waals surface area (Å²) in [4.78, 5) is 25.2. The lowest BCUT2D eigenvalue weighted by molar-refractivity contribution is 0.100. The quantitative estimate of drug-likeness (QED) is 0.512. The lowest BCUT2D eigenvalue weighted by Gasteiger charge is -2.17. The summed E-state index contributed by atoms with van der Waals surface area (Å²) >= 11 is 0. The number of nitrogens with two attached hydrogens (primary N) is 1. The zero-order valence-corrected chi connectivity index (χ0v) is 17.2. The van der Waals surface area contributed by atoms with Gasteiger partial charge in [0.1, 0.15) is 17.3 Å². The van der Waals surface area contributed by atoms with Crippen LogP contribution < -0.4 is 5.73 Å². The van der Waals surface area contributed by atoms with Gasteiger partial charge in [0.2, 0.25) is 5.91 Å². The Kier molecular flexibility index (Phi) is 4.18. The van der Waals surface area contributed by atoms with Crippen molar-refractivity contribution in [2.75, 3.05) is 0 Å². The van der Waals surface area contributed by atoms with Crippen LogP contribution in [0.2, 0.25) is 0 Å². The topological polar surface area (TPSA) is 86.7 Å². The SMILES string of the molecule is NC(=O)c1ccc(-c2cc(-c3c(-c4ccc(F)cn4)nc4n3C3CCC4C3)ccn2)cc1. The molecule has 1 aliphatic carbocycles. The number of carbonyl (C=O) groups is 1. The Morgan fingerprint density at radius 2 is 1.84 bits per heavy atom. The molecule has 0 spiro atoms. The minimum absolute atomic E-state index is 0.368. The highest BCUT2D eigenvalue weighted by atomic mass is 19.1. The summed E-state index contributed by atoms with van der Waals surface area (Å²) in [5.74, 6) is 0.740. The Hall–Kier alpha value is -3.87. The maximum absolute atomic E-state index is 13.5. The molecule has 4 aromatic rings. The monoisotopic (exact) mass is 425 g/mol. The van der Waals surface area contributed by atoms with E-state index in [1.807, 2.05) is 24.3 Å². The number of hydrogen-bond donors (Lipinski definition) is 1. The van der Waals surface area contributed by atoms with Gasteiger partial charge in [-0.25, -0.2) is 9.37 Å². The Bertz CT molecular complexity index is 1340. The van der Waals surface area contributed by atoms with Crippen molar-refractivity contribution in [2.45, 2.75) is 31.2 Å². The van der Waals surface area contributed by atoms with E-state index in [2.05, 4.69) is 14.5 Å². The molecule has 2 unspecified atom stereocenters. The molecular weight excluding hydrogens is 405 g/mol. The van der Waals surface area contributed by atoms with Crippen LogP contribution in [0.25, 0.3) is 33.9 Å². The average Bonchev–Trinajstić information content (AvgIpc) is 3.52. The highest BCUT2D eigenvalue weighted by molar-refractivity contribution is 5.93. The van der Waals surface area contributed by atoms with Crippen LogP contribution in [0.1, 0.15) is 47.4 Å². The van der Waals surface area contributed by atoms with E-state index in [9.17, 15) is 9.18 Å². The van der Waals surface area contributed by atoms with Gasteiger partial charge in [-0.05, 0) is 55.7 Å². The number of hydrogen-bond acceptors (Lipinski definition) is 4. The predicted molar refractivity (Wildman–Crippen MR) is 118 cm³/mol. The third-order valence-corrected chi connectivity index (χ3v) is 6.54. The summed E-state index contributed by atoms with van der Waals surface area (Å²) < 4.78 is 15.9. The molecule has 1 fully saturated rings. The molecule has 3 aromatic heterocycles. The smallest absolute Gasteiger partial charge is 0.248 e. The molecule has 1 amide bonds. The average molecular weight is 425 g/mol. The fourth-order valence-electron chi connectivity index (χ4n) is 5.05. The zero-order chi connectivity index (χ0) is 21.8. The summed E-state index contributed by atoms with van der Waals surface area (Å²) in [6.07, 6.45) is 6.44. The Balaban J connectivity index is 1.50. The van der Waals surface area contributed by atoms with Crippen LogP contribution in [0.5, 0.6) is 0 Å². The normalized spacial score (nSPS) is 18.7. The summed E-state index contributed by atoms with van der Waals surface area (Å²) in [6, 6.07) is 14.6. The summed E-state index contributed by atoms with van der Waals surface area (Å²) in [6.45, 7) is 0. The number of benzene rings is 1. The minimum atomic E-state index is -0.459. The van der Waals surface area contributed by atoms with Gasteiger partial charge >= 0.3 is 0 Å². The number of halogens is 1. The van der Waals surface area contributed by atoms with Crippen molar-refractivity contribution in [2.24, 2.45) is 5.73 Å². The van der Waals surface area contributed by atoms with E-state index in [1.54, 1.807) is 24.4 Å². The molecule has 1 saturated carbocycles. The van der Waals surface area contributed by atoms with Crippen molar-refractivity contribution in [3.63, 3.8) is 0 Å². The number of aromatic nitrogens is 4. The number of fused-ring (bicyclic) bond motifs is 5. The van der Waals surface area contributed by atoms with Crippen molar-refractivity contribution >= 4 is 5.91 Å². The second-order valence-electron chi connectivity index (χ2n) is 8.43. The van der Waals surface area contributed by atoms with Gasteiger partial charge in [0.05, 0.1) is 23.3 Å². The standard InChI is InChI=1S/C25H20FN5O/c26-18-6-8-20(29-13-18)22-23(31-19-7-5-17(11-19)25(31)30-22)16-9-10-28-21(12-16)14-1-3-15(4-2-14)24(27)32/h1-4,6,8-10,12-13,17,19H,5,7,11H2,(H2,27,32).